The van der Waals surface area contributed by atoms with Gasteiger partial charge in [-0.3, -0.25) is 4.79 Å². The van der Waals surface area contributed by atoms with Crippen molar-refractivity contribution in [3.05, 3.63) is 109 Å². The molecule has 9 heteroatoms. The van der Waals surface area contributed by atoms with Gasteiger partial charge in [-0.05, 0) is 89.9 Å². The Kier molecular flexibility index (Phi) is 49.6. The molecule has 0 aromatic rings. The molecule has 74 heavy (non-hydrogen) atoms. The van der Waals surface area contributed by atoms with E-state index in [1.807, 2.05) is 6.08 Å². The molecule has 0 aromatic carbocycles. The molecule has 424 valence electrons. The summed E-state index contributed by atoms with van der Waals surface area (Å²) < 4.78 is 11.2. The zero-order valence-corrected chi connectivity index (χ0v) is 47.1. The van der Waals surface area contributed by atoms with Crippen molar-refractivity contribution >= 4 is 5.91 Å². The van der Waals surface area contributed by atoms with Crippen molar-refractivity contribution < 1.29 is 39.8 Å². The van der Waals surface area contributed by atoms with Crippen LogP contribution >= 0.6 is 0 Å². The minimum Gasteiger partial charge on any atom is -0.394 e. The Balaban J connectivity index is 2.13. The second kappa shape index (κ2) is 53.3. The standard InChI is InChI=1S/C65H111NO8/c1-3-5-7-9-11-13-15-17-19-20-21-22-23-24-25-26-27-28-29-30-31-32-33-34-35-36-37-38-39-40-41-43-45-47-49-51-53-55-61(69)66-58(57-73-65-64(72)63(71)62(70)60(56-67)74-65)59(68)54-52-50-48-46-44-42-18-16-14-12-10-8-6-4-2/h5,7,11,13,17,19,21-22,24-25,27-28,30-31,44,46,52,54,58-60,62-65,67-68,70-72H,3-4,6,8-10,12,14-16,18,20,23,26,29,32-43,45,47-51,53,55-57H2,1-2H3,(H,66,69)/b7-5-,13-11-,19-17-,22-21-,25-24-,28-27-,31-30-,46-44+,54-52+. The minimum atomic E-state index is -1.58. The van der Waals surface area contributed by atoms with Gasteiger partial charge in [-0.25, -0.2) is 0 Å². The van der Waals surface area contributed by atoms with Crippen LogP contribution in [0.1, 0.15) is 239 Å². The largest absolute Gasteiger partial charge is 0.394 e. The third-order valence-corrected chi connectivity index (χ3v) is 13.6. The fourth-order valence-corrected chi connectivity index (χ4v) is 8.86. The van der Waals surface area contributed by atoms with Gasteiger partial charge in [0.2, 0.25) is 5.91 Å². The van der Waals surface area contributed by atoms with Gasteiger partial charge in [-0.2, -0.15) is 0 Å². The molecule has 7 atom stereocenters. The van der Waals surface area contributed by atoms with Crippen molar-refractivity contribution in [2.45, 2.75) is 281 Å². The Labute approximate surface area is 453 Å². The molecule has 0 radical (unpaired) electrons. The Morgan fingerprint density at radius 1 is 0.473 bits per heavy atom. The van der Waals surface area contributed by atoms with Gasteiger partial charge in [-0.15, -0.1) is 0 Å². The summed E-state index contributed by atoms with van der Waals surface area (Å²) in [5.41, 5.74) is 0. The quantitative estimate of drug-likeness (QED) is 0.0261. The van der Waals surface area contributed by atoms with E-state index in [2.05, 4.69) is 116 Å². The van der Waals surface area contributed by atoms with Crippen molar-refractivity contribution in [2.75, 3.05) is 13.2 Å². The number of hydrogen-bond acceptors (Lipinski definition) is 8. The van der Waals surface area contributed by atoms with Crippen LogP contribution in [0.5, 0.6) is 0 Å². The number of carbonyl (C=O) groups is 1. The van der Waals surface area contributed by atoms with Crippen molar-refractivity contribution in [2.24, 2.45) is 0 Å². The van der Waals surface area contributed by atoms with Gasteiger partial charge in [0, 0.05) is 6.42 Å². The summed E-state index contributed by atoms with van der Waals surface area (Å²) in [7, 11) is 0. The number of hydrogen-bond donors (Lipinski definition) is 6. The molecule has 1 aliphatic heterocycles. The van der Waals surface area contributed by atoms with E-state index in [1.54, 1.807) is 6.08 Å². The lowest BCUT2D eigenvalue weighted by Gasteiger charge is -2.40. The Hall–Kier alpha value is -3.15. The Morgan fingerprint density at radius 3 is 1.30 bits per heavy atom. The zero-order valence-electron chi connectivity index (χ0n) is 47.1. The Bertz CT molecular complexity index is 1530. The molecule has 1 saturated heterocycles. The van der Waals surface area contributed by atoms with Crippen molar-refractivity contribution in [1.29, 1.82) is 0 Å². The number of ether oxygens (including phenoxy) is 2. The summed E-state index contributed by atoms with van der Waals surface area (Å²) in [5, 5.41) is 54.4. The molecule has 1 amide bonds. The molecule has 0 spiro atoms. The molecule has 0 aliphatic carbocycles. The third kappa shape index (κ3) is 42.0. The summed E-state index contributed by atoms with van der Waals surface area (Å²) in [5.74, 6) is -0.190. The molecule has 1 aliphatic rings. The van der Waals surface area contributed by atoms with E-state index in [1.165, 1.54) is 135 Å². The van der Waals surface area contributed by atoms with Crippen molar-refractivity contribution in [3.63, 3.8) is 0 Å². The molecule has 9 nitrogen and oxygen atoms in total. The van der Waals surface area contributed by atoms with Gasteiger partial charge in [0.15, 0.2) is 6.29 Å². The first kappa shape index (κ1) is 68.9. The van der Waals surface area contributed by atoms with Crippen LogP contribution in [0.25, 0.3) is 0 Å². The van der Waals surface area contributed by atoms with Crippen molar-refractivity contribution in [1.82, 2.24) is 5.32 Å². The van der Waals surface area contributed by atoms with Crippen LogP contribution in [0.3, 0.4) is 0 Å². The van der Waals surface area contributed by atoms with E-state index < -0.39 is 49.5 Å². The fourth-order valence-electron chi connectivity index (χ4n) is 8.86. The molecule has 0 saturated carbocycles. The number of rotatable bonds is 50. The smallest absolute Gasteiger partial charge is 0.220 e. The molecule has 0 bridgehead atoms. The first-order valence-corrected chi connectivity index (χ1v) is 30.1. The number of aliphatic hydroxyl groups excluding tert-OH is 5. The molecular formula is C65H111NO8. The van der Waals surface area contributed by atoms with Gasteiger partial charge in [0.05, 0.1) is 25.4 Å². The van der Waals surface area contributed by atoms with E-state index in [9.17, 15) is 30.3 Å². The molecular weight excluding hydrogens is 923 g/mol. The van der Waals surface area contributed by atoms with Gasteiger partial charge in [-0.1, -0.05) is 252 Å². The molecule has 6 N–H and O–H groups in total. The maximum absolute atomic E-state index is 13.0. The lowest BCUT2D eigenvalue weighted by molar-refractivity contribution is -0.302. The summed E-state index contributed by atoms with van der Waals surface area (Å²) >= 11 is 0. The molecule has 1 heterocycles. The number of nitrogens with one attached hydrogen (secondary N) is 1. The highest BCUT2D eigenvalue weighted by molar-refractivity contribution is 5.76. The summed E-state index contributed by atoms with van der Waals surface area (Å²) in [6, 6.07) is -0.827. The predicted octanol–water partition coefficient (Wildman–Crippen LogP) is 15.3. The average Bonchev–Trinajstić information content (AvgIpc) is 3.40. The number of unbranched alkanes of at least 4 members (excludes halogenated alkanes) is 24. The van der Waals surface area contributed by atoms with Crippen LogP contribution in [0, 0.1) is 0 Å². The number of aliphatic hydroxyl groups is 5. The van der Waals surface area contributed by atoms with Crippen LogP contribution < -0.4 is 5.32 Å². The molecule has 0 aromatic heterocycles. The highest BCUT2D eigenvalue weighted by Crippen LogP contribution is 2.23. The van der Waals surface area contributed by atoms with Crippen molar-refractivity contribution in [3.8, 4) is 0 Å². The highest BCUT2D eigenvalue weighted by Gasteiger charge is 2.44. The number of carbonyl (C=O) groups excluding carboxylic acids is 1. The second-order valence-electron chi connectivity index (χ2n) is 20.4. The van der Waals surface area contributed by atoms with Crippen LogP contribution in [-0.4, -0.2) is 87.5 Å². The minimum absolute atomic E-state index is 0.190. The number of allylic oxidation sites excluding steroid dienone is 17. The molecule has 1 fully saturated rings. The summed E-state index contributed by atoms with van der Waals surface area (Å²) in [6.07, 6.45) is 71.7. The lowest BCUT2D eigenvalue weighted by Crippen LogP contribution is -2.60. The maximum atomic E-state index is 13.0. The molecule has 1 rings (SSSR count). The lowest BCUT2D eigenvalue weighted by atomic mass is 9.99. The van der Waals surface area contributed by atoms with Gasteiger partial charge >= 0.3 is 0 Å². The van der Waals surface area contributed by atoms with E-state index in [0.29, 0.717) is 6.42 Å². The van der Waals surface area contributed by atoms with Gasteiger partial charge in [0.1, 0.15) is 24.4 Å². The van der Waals surface area contributed by atoms with E-state index >= 15 is 0 Å². The maximum Gasteiger partial charge on any atom is 0.220 e. The van der Waals surface area contributed by atoms with E-state index in [-0.39, 0.29) is 12.5 Å². The monoisotopic (exact) mass is 1030 g/mol. The fraction of sp³-hybridized carbons (Fsp3) is 0.708. The summed E-state index contributed by atoms with van der Waals surface area (Å²) in [6.45, 7) is 3.64. The third-order valence-electron chi connectivity index (χ3n) is 13.6. The van der Waals surface area contributed by atoms with E-state index in [0.717, 1.165) is 83.5 Å². The zero-order chi connectivity index (χ0) is 53.6. The van der Waals surface area contributed by atoms with Crippen LogP contribution in [0.2, 0.25) is 0 Å². The van der Waals surface area contributed by atoms with Crippen LogP contribution in [-0.2, 0) is 14.3 Å². The van der Waals surface area contributed by atoms with Crippen LogP contribution in [0.15, 0.2) is 109 Å². The van der Waals surface area contributed by atoms with Gasteiger partial charge < -0.3 is 40.3 Å². The highest BCUT2D eigenvalue weighted by atomic mass is 16.7. The topological polar surface area (TPSA) is 149 Å². The first-order valence-electron chi connectivity index (χ1n) is 30.1. The average molecular weight is 1030 g/mol. The number of amides is 1. The van der Waals surface area contributed by atoms with E-state index in [4.69, 9.17) is 9.47 Å². The second-order valence-corrected chi connectivity index (χ2v) is 20.4. The normalized spacial score (nSPS) is 19.8. The predicted molar refractivity (Wildman–Crippen MR) is 313 cm³/mol. The van der Waals surface area contributed by atoms with Crippen LogP contribution in [0.4, 0.5) is 0 Å². The summed E-state index contributed by atoms with van der Waals surface area (Å²) in [4.78, 5) is 13.0. The first-order chi connectivity index (χ1) is 36.3. The Morgan fingerprint density at radius 2 is 0.851 bits per heavy atom. The van der Waals surface area contributed by atoms with Gasteiger partial charge in [0.25, 0.3) is 0 Å². The SMILES string of the molecule is CC/C=C\C/C=C\C/C=C\C/C=C\C/C=C\C/C=C\C/C=C\CCCCCCCCCCCCCCCCCC(=O)NC(COC1OC(CO)C(O)C(O)C1O)C(O)/C=C/CC/C=C/CCCCCCCCCC. The molecule has 7 unspecified atom stereocenters.